The zero-order chi connectivity index (χ0) is 15.4. The van der Waals surface area contributed by atoms with Crippen LogP contribution in [-0.2, 0) is 0 Å². The molecule has 0 aliphatic heterocycles. The van der Waals surface area contributed by atoms with E-state index in [-0.39, 0.29) is 11.9 Å². The third kappa shape index (κ3) is 3.99. The van der Waals surface area contributed by atoms with Crippen molar-refractivity contribution in [3.63, 3.8) is 0 Å². The number of ketones is 1. The van der Waals surface area contributed by atoms with Crippen LogP contribution in [0.2, 0.25) is 5.02 Å². The van der Waals surface area contributed by atoms with Crippen LogP contribution in [0.5, 0.6) is 5.75 Å². The number of Topliss-reactive ketones (excluding diaryl/α,β-unsaturated/α-hetero) is 1. The van der Waals surface area contributed by atoms with Crippen LogP contribution >= 0.6 is 11.6 Å². The Balaban J connectivity index is 2.34. The highest BCUT2D eigenvalue weighted by Gasteiger charge is 2.09. The first-order valence-electron chi connectivity index (χ1n) is 6.80. The molecule has 0 spiro atoms. The van der Waals surface area contributed by atoms with Crippen molar-refractivity contribution in [3.8, 4) is 5.75 Å². The maximum absolute atomic E-state index is 11.5. The number of carbonyl (C=O) groups excluding carboxylic acids is 1. The lowest BCUT2D eigenvalue weighted by Crippen LogP contribution is -2.07. The molecule has 2 rings (SSSR count). The third-order valence-electron chi connectivity index (χ3n) is 2.89. The Morgan fingerprint density at radius 2 is 1.86 bits per heavy atom. The highest BCUT2D eigenvalue weighted by Crippen LogP contribution is 2.32. The van der Waals surface area contributed by atoms with E-state index in [9.17, 15) is 4.79 Å². The van der Waals surface area contributed by atoms with Gasteiger partial charge in [0.15, 0.2) is 5.78 Å². The van der Waals surface area contributed by atoms with Gasteiger partial charge in [0.2, 0.25) is 0 Å². The van der Waals surface area contributed by atoms with E-state index in [1.807, 2.05) is 38.1 Å². The maximum atomic E-state index is 11.5. The summed E-state index contributed by atoms with van der Waals surface area (Å²) in [7, 11) is 0. The predicted octanol–water partition coefficient (Wildman–Crippen LogP) is 5.07. The van der Waals surface area contributed by atoms with Crippen molar-refractivity contribution in [1.82, 2.24) is 0 Å². The smallest absolute Gasteiger partial charge is 0.159 e. The van der Waals surface area contributed by atoms with Crippen LogP contribution in [0.1, 0.15) is 31.1 Å². The molecule has 0 amide bonds. The van der Waals surface area contributed by atoms with Gasteiger partial charge in [0.1, 0.15) is 5.75 Å². The minimum atomic E-state index is 0.00133. The molecule has 0 heterocycles. The molecule has 0 radical (unpaired) electrons. The van der Waals surface area contributed by atoms with Gasteiger partial charge in [-0.2, -0.15) is 0 Å². The van der Waals surface area contributed by atoms with Gasteiger partial charge in [-0.15, -0.1) is 0 Å². The van der Waals surface area contributed by atoms with Crippen molar-refractivity contribution in [2.75, 3.05) is 5.32 Å². The van der Waals surface area contributed by atoms with Crippen LogP contribution in [-0.4, -0.2) is 11.9 Å². The van der Waals surface area contributed by atoms with Crippen molar-refractivity contribution < 1.29 is 9.53 Å². The van der Waals surface area contributed by atoms with Crippen LogP contribution in [0.25, 0.3) is 0 Å². The Kier molecular flexibility index (Phi) is 4.86. The second-order valence-electron chi connectivity index (χ2n) is 5.04. The Bertz CT molecular complexity index is 653. The third-order valence-corrected chi connectivity index (χ3v) is 3.22. The Morgan fingerprint density at radius 1 is 1.14 bits per heavy atom. The molecule has 110 valence electrons. The molecule has 2 aromatic rings. The van der Waals surface area contributed by atoms with Crippen molar-refractivity contribution in [2.45, 2.75) is 26.9 Å². The first-order valence-corrected chi connectivity index (χ1v) is 7.18. The van der Waals surface area contributed by atoms with Gasteiger partial charge in [-0.1, -0.05) is 23.7 Å². The first-order chi connectivity index (χ1) is 9.97. The summed E-state index contributed by atoms with van der Waals surface area (Å²) in [5.74, 6) is 0.748. The van der Waals surface area contributed by atoms with Crippen LogP contribution in [0.4, 0.5) is 11.4 Å². The number of para-hydroxylation sites is 2. The second-order valence-corrected chi connectivity index (χ2v) is 5.45. The average molecular weight is 304 g/mol. The van der Waals surface area contributed by atoms with E-state index in [0.29, 0.717) is 16.3 Å². The van der Waals surface area contributed by atoms with Gasteiger partial charge in [0.25, 0.3) is 0 Å². The number of rotatable bonds is 5. The molecular formula is C17H18ClNO2. The number of anilines is 2. The minimum Gasteiger partial charge on any atom is -0.489 e. The molecule has 0 bridgehead atoms. The summed E-state index contributed by atoms with van der Waals surface area (Å²) in [6.07, 6.45) is 0.0759. The summed E-state index contributed by atoms with van der Waals surface area (Å²) in [5, 5.41) is 3.79. The molecule has 0 aliphatic rings. The molecule has 0 aromatic heterocycles. The quantitative estimate of drug-likeness (QED) is 0.783. The molecular weight excluding hydrogens is 286 g/mol. The van der Waals surface area contributed by atoms with Crippen molar-refractivity contribution >= 4 is 28.8 Å². The van der Waals surface area contributed by atoms with Crippen LogP contribution in [0, 0.1) is 0 Å². The second kappa shape index (κ2) is 6.64. The minimum absolute atomic E-state index is 0.00133. The van der Waals surface area contributed by atoms with Crippen molar-refractivity contribution in [1.29, 1.82) is 0 Å². The molecule has 0 fully saturated rings. The van der Waals surface area contributed by atoms with E-state index in [2.05, 4.69) is 5.32 Å². The van der Waals surface area contributed by atoms with Gasteiger partial charge in [0.05, 0.1) is 22.5 Å². The monoisotopic (exact) mass is 303 g/mol. The Hall–Kier alpha value is -2.00. The molecule has 0 saturated heterocycles. The molecule has 1 N–H and O–H groups in total. The van der Waals surface area contributed by atoms with E-state index in [4.69, 9.17) is 16.3 Å². The Morgan fingerprint density at radius 3 is 2.52 bits per heavy atom. The van der Waals surface area contributed by atoms with Crippen molar-refractivity contribution in [3.05, 3.63) is 53.1 Å². The number of hydrogen-bond donors (Lipinski definition) is 1. The molecule has 3 nitrogen and oxygen atoms in total. The molecule has 4 heteroatoms. The predicted molar refractivity (Wildman–Crippen MR) is 86.9 cm³/mol. The molecule has 0 saturated carbocycles. The highest BCUT2D eigenvalue weighted by molar-refractivity contribution is 6.33. The summed E-state index contributed by atoms with van der Waals surface area (Å²) in [6.45, 7) is 5.48. The van der Waals surface area contributed by atoms with Crippen LogP contribution in [0.15, 0.2) is 42.5 Å². The van der Waals surface area contributed by atoms with E-state index in [0.717, 1.165) is 11.4 Å². The van der Waals surface area contributed by atoms with E-state index in [1.54, 1.807) is 18.2 Å². The average Bonchev–Trinajstić information content (AvgIpc) is 2.42. The highest BCUT2D eigenvalue weighted by atomic mass is 35.5. The fourth-order valence-corrected chi connectivity index (χ4v) is 2.08. The van der Waals surface area contributed by atoms with Crippen molar-refractivity contribution in [2.24, 2.45) is 0 Å². The van der Waals surface area contributed by atoms with Gasteiger partial charge < -0.3 is 10.1 Å². The number of halogens is 1. The number of nitrogens with one attached hydrogen (secondary N) is 1. The lowest BCUT2D eigenvalue weighted by atomic mass is 10.1. The number of hydrogen-bond acceptors (Lipinski definition) is 3. The summed E-state index contributed by atoms with van der Waals surface area (Å²) in [5.41, 5.74) is 2.11. The zero-order valence-electron chi connectivity index (χ0n) is 12.3. The van der Waals surface area contributed by atoms with Crippen LogP contribution in [0.3, 0.4) is 0 Å². The van der Waals surface area contributed by atoms with Gasteiger partial charge in [-0.05, 0) is 51.1 Å². The molecule has 0 unspecified atom stereocenters. The molecule has 21 heavy (non-hydrogen) atoms. The van der Waals surface area contributed by atoms with Gasteiger partial charge in [-0.25, -0.2) is 0 Å². The van der Waals surface area contributed by atoms with Gasteiger partial charge in [0, 0.05) is 5.56 Å². The lowest BCUT2D eigenvalue weighted by Gasteiger charge is -2.16. The van der Waals surface area contributed by atoms with Crippen LogP contribution < -0.4 is 10.1 Å². The largest absolute Gasteiger partial charge is 0.489 e. The standard InChI is InChI=1S/C17H18ClNO2/c1-11(2)21-17-7-5-4-6-15(17)19-16-10-13(12(3)20)8-9-14(16)18/h4-11,19H,1-3H3. The number of ether oxygens (including phenoxy) is 1. The van der Waals surface area contributed by atoms with Gasteiger partial charge >= 0.3 is 0 Å². The molecule has 0 atom stereocenters. The number of carbonyl (C=O) groups is 1. The van der Waals surface area contributed by atoms with Gasteiger partial charge in [-0.3, -0.25) is 4.79 Å². The first kappa shape index (κ1) is 15.4. The number of benzene rings is 2. The summed E-state index contributed by atoms with van der Waals surface area (Å²) in [6, 6.07) is 12.8. The fraction of sp³-hybridized carbons (Fsp3) is 0.235. The fourth-order valence-electron chi connectivity index (χ4n) is 1.91. The van der Waals surface area contributed by atoms with E-state index in [1.165, 1.54) is 6.92 Å². The zero-order valence-corrected chi connectivity index (χ0v) is 13.1. The summed E-state index contributed by atoms with van der Waals surface area (Å²) in [4.78, 5) is 11.5. The topological polar surface area (TPSA) is 38.3 Å². The summed E-state index contributed by atoms with van der Waals surface area (Å²) < 4.78 is 5.76. The maximum Gasteiger partial charge on any atom is 0.159 e. The normalized spacial score (nSPS) is 10.5. The molecule has 2 aromatic carbocycles. The Labute approximate surface area is 129 Å². The SMILES string of the molecule is CC(=O)c1ccc(Cl)c(Nc2ccccc2OC(C)C)c1. The lowest BCUT2D eigenvalue weighted by molar-refractivity contribution is 0.101. The van der Waals surface area contributed by atoms with E-state index >= 15 is 0 Å². The summed E-state index contributed by atoms with van der Waals surface area (Å²) >= 11 is 6.19. The van der Waals surface area contributed by atoms with E-state index < -0.39 is 0 Å². The molecule has 0 aliphatic carbocycles.